The lowest BCUT2D eigenvalue weighted by Gasteiger charge is -2.21. The fraction of sp³-hybridized carbons (Fsp3) is 0.562. The first kappa shape index (κ1) is 16.5. The second kappa shape index (κ2) is 5.77. The van der Waals surface area contributed by atoms with Crippen molar-refractivity contribution in [2.45, 2.75) is 25.7 Å². The summed E-state index contributed by atoms with van der Waals surface area (Å²) in [5.41, 5.74) is 1.36. The van der Waals surface area contributed by atoms with Crippen LogP contribution in [0.1, 0.15) is 17.1 Å². The van der Waals surface area contributed by atoms with E-state index in [2.05, 4.69) is 20.0 Å². The number of sulfonamides is 1. The zero-order chi connectivity index (χ0) is 17.8. The Labute approximate surface area is 146 Å². The van der Waals surface area contributed by atoms with E-state index in [0.29, 0.717) is 36.4 Å². The summed E-state index contributed by atoms with van der Waals surface area (Å²) in [6.45, 7) is 7.83. The van der Waals surface area contributed by atoms with Crippen molar-refractivity contribution in [1.29, 1.82) is 0 Å². The molecule has 0 saturated carbocycles. The highest BCUT2D eigenvalue weighted by Crippen LogP contribution is 2.36. The maximum absolute atomic E-state index is 13.0. The summed E-state index contributed by atoms with van der Waals surface area (Å²) >= 11 is 0. The molecule has 0 spiro atoms. The summed E-state index contributed by atoms with van der Waals surface area (Å²) < 4.78 is 32.5. The van der Waals surface area contributed by atoms with E-state index in [0.717, 1.165) is 24.7 Å². The lowest BCUT2D eigenvalue weighted by molar-refractivity contribution is 0.389. The molecule has 2 saturated heterocycles. The van der Waals surface area contributed by atoms with Gasteiger partial charge in [-0.25, -0.2) is 18.4 Å². The van der Waals surface area contributed by atoms with Crippen LogP contribution in [0.15, 0.2) is 21.7 Å². The molecule has 0 amide bonds. The van der Waals surface area contributed by atoms with Crippen LogP contribution in [0.25, 0.3) is 0 Å². The molecule has 2 unspecified atom stereocenters. The van der Waals surface area contributed by atoms with E-state index in [1.54, 1.807) is 24.3 Å². The number of anilines is 1. The first-order valence-corrected chi connectivity index (χ1v) is 9.78. The number of rotatable bonds is 3. The Kier molecular flexibility index (Phi) is 3.80. The molecule has 0 aromatic carbocycles. The van der Waals surface area contributed by atoms with Gasteiger partial charge in [-0.05, 0) is 38.7 Å². The molecule has 9 heteroatoms. The molecule has 8 nitrogen and oxygen atoms in total. The van der Waals surface area contributed by atoms with Crippen molar-refractivity contribution in [2.24, 2.45) is 11.8 Å². The van der Waals surface area contributed by atoms with Gasteiger partial charge in [0.05, 0.1) is 0 Å². The van der Waals surface area contributed by atoms with E-state index in [4.69, 9.17) is 4.52 Å². The predicted octanol–water partition coefficient (Wildman–Crippen LogP) is 1.15. The third kappa shape index (κ3) is 2.71. The van der Waals surface area contributed by atoms with Crippen LogP contribution >= 0.6 is 0 Å². The van der Waals surface area contributed by atoms with Gasteiger partial charge < -0.3 is 9.42 Å². The van der Waals surface area contributed by atoms with E-state index in [-0.39, 0.29) is 4.90 Å². The van der Waals surface area contributed by atoms with Crippen molar-refractivity contribution in [3.63, 3.8) is 0 Å². The van der Waals surface area contributed by atoms with Crippen molar-refractivity contribution in [3.05, 3.63) is 29.4 Å². The molecule has 2 aromatic heterocycles. The molecular weight excluding hydrogens is 342 g/mol. The summed E-state index contributed by atoms with van der Waals surface area (Å²) in [5.74, 6) is 1.66. The molecule has 2 aliphatic heterocycles. The summed E-state index contributed by atoms with van der Waals surface area (Å²) in [4.78, 5) is 11.2. The first-order valence-electron chi connectivity index (χ1n) is 8.34. The number of hydrogen-bond acceptors (Lipinski definition) is 7. The highest BCUT2D eigenvalue weighted by Gasteiger charge is 2.46. The van der Waals surface area contributed by atoms with Gasteiger partial charge in [0, 0.05) is 38.1 Å². The van der Waals surface area contributed by atoms with Gasteiger partial charge in [0.15, 0.2) is 5.76 Å². The van der Waals surface area contributed by atoms with E-state index in [1.165, 1.54) is 0 Å². The first-order chi connectivity index (χ1) is 11.9. The molecule has 2 aromatic rings. The van der Waals surface area contributed by atoms with Crippen molar-refractivity contribution in [2.75, 3.05) is 31.1 Å². The molecule has 0 bridgehead atoms. The summed E-state index contributed by atoms with van der Waals surface area (Å²) in [6.07, 6.45) is 1.76. The van der Waals surface area contributed by atoms with Crippen LogP contribution in [0.2, 0.25) is 0 Å². The molecular formula is C16H21N5O3S. The van der Waals surface area contributed by atoms with Gasteiger partial charge in [0.2, 0.25) is 16.0 Å². The fourth-order valence-electron chi connectivity index (χ4n) is 3.87. The maximum Gasteiger partial charge on any atom is 0.248 e. The van der Waals surface area contributed by atoms with Gasteiger partial charge in [0.25, 0.3) is 0 Å². The molecule has 0 aliphatic carbocycles. The third-order valence-electron chi connectivity index (χ3n) is 5.08. The van der Waals surface area contributed by atoms with Gasteiger partial charge >= 0.3 is 0 Å². The molecule has 2 fully saturated rings. The van der Waals surface area contributed by atoms with Crippen LogP contribution in [-0.2, 0) is 10.0 Å². The average Bonchev–Trinajstić information content (AvgIpc) is 3.20. The Morgan fingerprint density at radius 3 is 2.36 bits per heavy atom. The summed E-state index contributed by atoms with van der Waals surface area (Å²) in [5, 5.41) is 3.78. The van der Waals surface area contributed by atoms with Crippen molar-refractivity contribution in [1.82, 2.24) is 19.4 Å². The number of hydrogen-bond donors (Lipinski definition) is 0. The van der Waals surface area contributed by atoms with Crippen LogP contribution in [0.5, 0.6) is 0 Å². The van der Waals surface area contributed by atoms with Crippen molar-refractivity contribution in [3.8, 4) is 0 Å². The second-order valence-corrected chi connectivity index (χ2v) is 8.77. The van der Waals surface area contributed by atoms with Gasteiger partial charge in [0.1, 0.15) is 10.6 Å². The van der Waals surface area contributed by atoms with E-state index < -0.39 is 10.0 Å². The molecule has 4 heterocycles. The minimum absolute atomic E-state index is 0.214. The van der Waals surface area contributed by atoms with Crippen LogP contribution in [0.3, 0.4) is 0 Å². The lowest BCUT2D eigenvalue weighted by atomic mass is 10.0. The summed E-state index contributed by atoms with van der Waals surface area (Å²) in [6, 6.07) is 1.87. The molecule has 4 rings (SSSR count). The van der Waals surface area contributed by atoms with Crippen molar-refractivity contribution >= 4 is 16.0 Å². The second-order valence-electron chi connectivity index (χ2n) is 6.90. The van der Waals surface area contributed by atoms with Crippen LogP contribution < -0.4 is 4.90 Å². The normalized spacial score (nSPS) is 24.0. The highest BCUT2D eigenvalue weighted by atomic mass is 32.2. The van der Waals surface area contributed by atoms with Crippen LogP contribution in [0, 0.1) is 32.6 Å². The van der Waals surface area contributed by atoms with Crippen molar-refractivity contribution < 1.29 is 12.9 Å². The number of aromatic nitrogens is 3. The zero-order valence-corrected chi connectivity index (χ0v) is 15.3. The highest BCUT2D eigenvalue weighted by molar-refractivity contribution is 7.89. The Balaban J connectivity index is 1.51. The lowest BCUT2D eigenvalue weighted by Crippen LogP contribution is -2.34. The topological polar surface area (TPSA) is 92.4 Å². The fourth-order valence-corrected chi connectivity index (χ4v) is 5.71. The van der Waals surface area contributed by atoms with E-state index in [1.807, 2.05) is 13.0 Å². The molecule has 25 heavy (non-hydrogen) atoms. The van der Waals surface area contributed by atoms with Crippen LogP contribution in [-0.4, -0.2) is 54.0 Å². The van der Waals surface area contributed by atoms with Gasteiger partial charge in [-0.2, -0.15) is 4.31 Å². The largest absolute Gasteiger partial charge is 0.360 e. The molecule has 0 N–H and O–H groups in total. The van der Waals surface area contributed by atoms with Gasteiger partial charge in [-0.15, -0.1) is 0 Å². The predicted molar refractivity (Wildman–Crippen MR) is 90.7 cm³/mol. The standard InChI is InChI=1S/C16H21N5O3S/c1-10-4-5-17-16(18-10)20-6-13-8-21(9-14(13)7-20)25(22,23)15-11(2)19-24-12(15)3/h4-5,13-14H,6-9H2,1-3H3. The SMILES string of the molecule is Cc1ccnc(N2CC3CN(S(=O)(=O)c4c(C)noc4C)CC3C2)n1. The molecule has 2 aliphatic rings. The van der Waals surface area contributed by atoms with E-state index >= 15 is 0 Å². The summed E-state index contributed by atoms with van der Waals surface area (Å²) in [7, 11) is -3.56. The molecule has 134 valence electrons. The number of nitrogens with zero attached hydrogens (tertiary/aromatic N) is 5. The average molecular weight is 363 g/mol. The monoisotopic (exact) mass is 363 g/mol. The molecule has 2 atom stereocenters. The number of fused-ring (bicyclic) bond motifs is 1. The zero-order valence-electron chi connectivity index (χ0n) is 14.5. The van der Waals surface area contributed by atoms with Gasteiger partial charge in [-0.3, -0.25) is 0 Å². The third-order valence-corrected chi connectivity index (χ3v) is 7.16. The maximum atomic E-state index is 13.0. The Bertz CT molecular complexity index is 877. The Hall–Kier alpha value is -2.00. The molecule has 0 radical (unpaired) electrons. The Morgan fingerprint density at radius 2 is 1.80 bits per heavy atom. The number of aryl methyl sites for hydroxylation is 3. The van der Waals surface area contributed by atoms with Crippen LogP contribution in [0.4, 0.5) is 5.95 Å². The minimum atomic E-state index is -3.56. The Morgan fingerprint density at radius 1 is 1.12 bits per heavy atom. The minimum Gasteiger partial charge on any atom is -0.360 e. The van der Waals surface area contributed by atoms with E-state index in [9.17, 15) is 8.42 Å². The quantitative estimate of drug-likeness (QED) is 0.807. The smallest absolute Gasteiger partial charge is 0.248 e. The van der Waals surface area contributed by atoms with Gasteiger partial charge in [-0.1, -0.05) is 5.16 Å².